The first-order valence-electron chi connectivity index (χ1n) is 7.71. The normalized spacial score (nSPS) is 32.4. The molecule has 2 aliphatic rings. The van der Waals surface area contributed by atoms with Gasteiger partial charge in [0.2, 0.25) is 0 Å². The van der Waals surface area contributed by atoms with Crippen LogP contribution in [-0.2, 0) is 0 Å². The molecule has 0 aromatic heterocycles. The monoisotopic (exact) mass is 360 g/mol. The Hall–Kier alpha value is -1.70. The van der Waals surface area contributed by atoms with E-state index in [1.54, 1.807) is 35.7 Å². The fourth-order valence-corrected chi connectivity index (χ4v) is 7.16. The molecule has 3 atom stereocenters. The molecule has 1 fully saturated rings. The number of fused-ring (bicyclic) bond motifs is 1. The molecular weight excluding hydrogens is 343 g/mol. The number of nitrogens with zero attached hydrogens (tertiary/aromatic N) is 3. The van der Waals surface area contributed by atoms with Crippen molar-refractivity contribution in [1.82, 2.24) is 0 Å². The lowest BCUT2D eigenvalue weighted by molar-refractivity contribution is 0.563. The van der Waals surface area contributed by atoms with E-state index in [-0.39, 0.29) is 11.7 Å². The highest BCUT2D eigenvalue weighted by atomic mass is 32.2. The second-order valence-electron chi connectivity index (χ2n) is 5.77. The Kier molecular flexibility index (Phi) is 4.06. The quantitative estimate of drug-likeness (QED) is 0.813. The van der Waals surface area contributed by atoms with Crippen LogP contribution in [0.5, 0.6) is 0 Å². The van der Waals surface area contributed by atoms with Crippen molar-refractivity contribution in [1.29, 1.82) is 10.5 Å². The Bertz CT molecular complexity index is 773. The van der Waals surface area contributed by atoms with Gasteiger partial charge in [0.25, 0.3) is 0 Å². The number of benzene rings is 1. The van der Waals surface area contributed by atoms with Crippen LogP contribution in [0, 0.1) is 39.3 Å². The lowest BCUT2D eigenvalue weighted by Gasteiger charge is -2.31. The van der Waals surface area contributed by atoms with Crippen LogP contribution in [0.25, 0.3) is 0 Å². The van der Waals surface area contributed by atoms with Crippen molar-refractivity contribution < 1.29 is 4.39 Å². The number of hydrogen-bond acceptors (Lipinski definition) is 6. The largest absolute Gasteiger partial charge is 0.386 e. The van der Waals surface area contributed by atoms with Gasteiger partial charge in [0, 0.05) is 5.92 Å². The zero-order valence-electron chi connectivity index (χ0n) is 13.4. The number of amidine groups is 1. The van der Waals surface area contributed by atoms with Crippen molar-refractivity contribution in [2.45, 2.75) is 24.0 Å². The summed E-state index contributed by atoms with van der Waals surface area (Å²) in [5.41, 5.74) is 4.79. The van der Waals surface area contributed by atoms with E-state index in [2.05, 4.69) is 17.1 Å². The highest BCUT2D eigenvalue weighted by Crippen LogP contribution is 2.85. The van der Waals surface area contributed by atoms with E-state index in [1.165, 1.54) is 12.1 Å². The molecule has 0 saturated heterocycles. The zero-order chi connectivity index (χ0) is 17.6. The van der Waals surface area contributed by atoms with Crippen molar-refractivity contribution in [3.05, 3.63) is 35.6 Å². The Labute approximate surface area is 149 Å². The molecule has 0 bridgehead atoms. The van der Waals surface area contributed by atoms with E-state index in [1.807, 2.05) is 13.8 Å². The lowest BCUT2D eigenvalue weighted by Crippen LogP contribution is -2.31. The van der Waals surface area contributed by atoms with Gasteiger partial charge in [-0.25, -0.2) is 9.38 Å². The topological polar surface area (TPSA) is 86.0 Å². The van der Waals surface area contributed by atoms with E-state index in [9.17, 15) is 14.9 Å². The molecule has 2 N–H and O–H groups in total. The predicted octanol–water partition coefficient (Wildman–Crippen LogP) is 3.47. The van der Waals surface area contributed by atoms with Crippen LogP contribution in [0.3, 0.4) is 0 Å². The molecule has 3 rings (SSSR count). The minimum absolute atomic E-state index is 0.225. The van der Waals surface area contributed by atoms with Crippen LogP contribution < -0.4 is 5.73 Å². The molecule has 24 heavy (non-hydrogen) atoms. The average Bonchev–Trinajstić information content (AvgIpc) is 3.15. The van der Waals surface area contributed by atoms with Gasteiger partial charge >= 0.3 is 0 Å². The number of aliphatic imine (C=N–C) groups is 1. The van der Waals surface area contributed by atoms with E-state index in [4.69, 9.17) is 5.73 Å². The fourth-order valence-electron chi connectivity index (χ4n) is 3.90. The molecule has 0 unspecified atom stereocenters. The van der Waals surface area contributed by atoms with Crippen molar-refractivity contribution in [3.8, 4) is 12.1 Å². The smallest absolute Gasteiger partial charge is 0.175 e. The summed E-state index contributed by atoms with van der Waals surface area (Å²) in [5.74, 6) is 0.995. The van der Waals surface area contributed by atoms with E-state index >= 15 is 0 Å². The standard InChI is InChI=1S/C17H17FN4S2/c1-3-23-17(24-4-2)16(10-20)13(11-5-7-12(18)8-6-11)15(16,9-19)14(21)22-17/h5-8,13H,3-4H2,1-2H3,(H2,21,22)/t13-,15-,16-/m0/s1. The minimum Gasteiger partial charge on any atom is -0.386 e. The van der Waals surface area contributed by atoms with Crippen LogP contribution in [0.4, 0.5) is 4.39 Å². The van der Waals surface area contributed by atoms with Crippen molar-refractivity contribution in [3.63, 3.8) is 0 Å². The number of thioether (sulfide) groups is 2. The van der Waals surface area contributed by atoms with Gasteiger partial charge in [-0.15, -0.1) is 23.5 Å². The Morgan fingerprint density at radius 2 is 1.75 bits per heavy atom. The van der Waals surface area contributed by atoms with Gasteiger partial charge in [-0.1, -0.05) is 26.0 Å². The molecule has 124 valence electrons. The van der Waals surface area contributed by atoms with Gasteiger partial charge in [-0.05, 0) is 29.2 Å². The van der Waals surface area contributed by atoms with Crippen molar-refractivity contribution in [2.75, 3.05) is 11.5 Å². The molecule has 1 aliphatic heterocycles. The molecule has 1 aliphatic carbocycles. The first kappa shape index (κ1) is 17.1. The number of nitrogens with two attached hydrogens (primary N) is 1. The maximum absolute atomic E-state index is 13.3. The third-order valence-electron chi connectivity index (χ3n) is 4.81. The third-order valence-corrected chi connectivity index (χ3v) is 7.70. The first-order chi connectivity index (χ1) is 11.5. The third kappa shape index (κ3) is 1.77. The Morgan fingerprint density at radius 3 is 2.21 bits per heavy atom. The Morgan fingerprint density at radius 1 is 1.17 bits per heavy atom. The van der Waals surface area contributed by atoms with E-state index in [0.717, 1.165) is 17.1 Å². The zero-order valence-corrected chi connectivity index (χ0v) is 15.0. The van der Waals surface area contributed by atoms with Gasteiger partial charge in [-0.2, -0.15) is 10.5 Å². The van der Waals surface area contributed by atoms with E-state index in [0.29, 0.717) is 0 Å². The van der Waals surface area contributed by atoms with Crippen LogP contribution in [0.1, 0.15) is 25.3 Å². The first-order valence-corrected chi connectivity index (χ1v) is 9.68. The Balaban J connectivity index is 2.21. The van der Waals surface area contributed by atoms with Crippen LogP contribution in [-0.4, -0.2) is 21.5 Å². The second kappa shape index (κ2) is 5.68. The summed E-state index contributed by atoms with van der Waals surface area (Å²) >= 11 is 3.10. The van der Waals surface area contributed by atoms with E-state index < -0.39 is 21.0 Å². The predicted molar refractivity (Wildman–Crippen MR) is 95.9 cm³/mol. The fraction of sp³-hybridized carbons (Fsp3) is 0.471. The van der Waals surface area contributed by atoms with Crippen LogP contribution in [0.2, 0.25) is 0 Å². The molecule has 0 radical (unpaired) electrons. The summed E-state index contributed by atoms with van der Waals surface area (Å²) in [6.07, 6.45) is 0. The molecule has 0 spiro atoms. The molecule has 1 heterocycles. The highest BCUT2D eigenvalue weighted by molar-refractivity contribution is 8.18. The maximum Gasteiger partial charge on any atom is 0.175 e. The van der Waals surface area contributed by atoms with Gasteiger partial charge in [0.15, 0.2) is 4.20 Å². The molecule has 4 nitrogen and oxygen atoms in total. The summed E-state index contributed by atoms with van der Waals surface area (Å²) in [6.45, 7) is 4.00. The van der Waals surface area contributed by atoms with Gasteiger partial charge < -0.3 is 5.73 Å². The van der Waals surface area contributed by atoms with Crippen molar-refractivity contribution in [2.24, 2.45) is 21.6 Å². The van der Waals surface area contributed by atoms with Crippen molar-refractivity contribution >= 4 is 29.4 Å². The summed E-state index contributed by atoms with van der Waals surface area (Å²) in [5, 5.41) is 20.1. The van der Waals surface area contributed by atoms with Gasteiger partial charge in [0.1, 0.15) is 22.5 Å². The van der Waals surface area contributed by atoms with Crippen LogP contribution in [0.15, 0.2) is 29.3 Å². The number of halogens is 1. The average molecular weight is 360 g/mol. The maximum atomic E-state index is 13.3. The SMILES string of the molecule is CCSC1(SCC)N=C(N)[C@]2(C#N)[C@H](c3ccc(F)cc3)[C@]12C#N. The summed E-state index contributed by atoms with van der Waals surface area (Å²) in [7, 11) is 0. The number of hydrogen-bond donors (Lipinski definition) is 1. The molecule has 7 heteroatoms. The number of rotatable bonds is 5. The summed E-state index contributed by atoms with van der Waals surface area (Å²) < 4.78 is 12.5. The van der Waals surface area contributed by atoms with Gasteiger partial charge in [0.05, 0.1) is 12.1 Å². The summed E-state index contributed by atoms with van der Waals surface area (Å²) in [6, 6.07) is 10.7. The lowest BCUT2D eigenvalue weighted by atomic mass is 9.97. The summed E-state index contributed by atoms with van der Waals surface area (Å²) in [4.78, 5) is 4.61. The molecule has 1 saturated carbocycles. The molecule has 0 amide bonds. The minimum atomic E-state index is -1.14. The van der Waals surface area contributed by atoms with Gasteiger partial charge in [-0.3, -0.25) is 0 Å². The molecular formula is C17H17FN4S2. The molecule has 1 aromatic carbocycles. The van der Waals surface area contributed by atoms with Crippen LogP contribution >= 0.6 is 23.5 Å². The number of nitriles is 2. The molecule has 1 aromatic rings. The highest BCUT2D eigenvalue weighted by Gasteiger charge is 2.91. The second-order valence-corrected chi connectivity index (χ2v) is 8.94.